The van der Waals surface area contributed by atoms with Gasteiger partial charge in [-0.15, -0.1) is 0 Å². The molecule has 0 aromatic carbocycles. The number of hydrogen-bond acceptors (Lipinski definition) is 6. The number of fused-ring (bicyclic) bond motifs is 1. The quantitative estimate of drug-likeness (QED) is 0.527. The normalized spacial score (nSPS) is 22.6. The van der Waals surface area contributed by atoms with Gasteiger partial charge in [-0.05, 0) is 47.2 Å². The largest absolute Gasteiger partial charge is 0.483 e. The second-order valence-electron chi connectivity index (χ2n) is 8.22. The van der Waals surface area contributed by atoms with Crippen LogP contribution in [-0.4, -0.2) is 74.7 Å². The van der Waals surface area contributed by atoms with Crippen molar-refractivity contribution < 1.29 is 24.6 Å². The minimum Gasteiger partial charge on any atom is -0.483 e. The molecular formula is C21H28N4O5S. The Bertz CT molecular complexity index is 857. The number of aryl methyl sites for hydroxylation is 1. The number of amides is 1. The Morgan fingerprint density at radius 2 is 2.10 bits per heavy atom. The van der Waals surface area contributed by atoms with Crippen molar-refractivity contribution in [3.05, 3.63) is 40.3 Å². The number of rotatable bonds is 8. The van der Waals surface area contributed by atoms with Crippen LogP contribution in [0.3, 0.4) is 0 Å². The topological polar surface area (TPSA) is 127 Å². The molecule has 2 saturated heterocycles. The molecule has 1 amide bonds. The van der Waals surface area contributed by atoms with E-state index in [4.69, 9.17) is 9.90 Å². The maximum Gasteiger partial charge on any atom is 0.303 e. The Hall–Kier alpha value is -2.72. The van der Waals surface area contributed by atoms with Crippen LogP contribution in [0.25, 0.3) is 0 Å². The van der Waals surface area contributed by atoms with Crippen LogP contribution in [0.5, 0.6) is 0 Å². The highest BCUT2D eigenvalue weighted by Crippen LogP contribution is 2.46. The molecule has 2 aliphatic heterocycles. The maximum atomic E-state index is 12.8. The third kappa shape index (κ3) is 5.92. The molecule has 31 heavy (non-hydrogen) atoms. The first-order valence-electron chi connectivity index (χ1n) is 10.2. The van der Waals surface area contributed by atoms with Crippen molar-refractivity contribution in [2.45, 2.75) is 32.2 Å². The molecule has 0 spiro atoms. The molecule has 9 nitrogen and oxygen atoms in total. The van der Waals surface area contributed by atoms with E-state index in [9.17, 15) is 14.7 Å². The van der Waals surface area contributed by atoms with Gasteiger partial charge in [-0.25, -0.2) is 0 Å². The lowest BCUT2D eigenvalue weighted by Gasteiger charge is -2.29. The standard InChI is InChI=1S/C20H26N4O3S.CH2O2/c25-18(2-1-15-5-8-28-12-15)24-10-16-9-23(11-17-4-7-21-22-17)13-20(16,14-24)6-3-19(26)27;2-1-3/h4-5,7-8,12,16H,1-3,6,9-11,13-14H2,(H,21,22)(H,26,27);1H,(H,2,3). The van der Waals surface area contributed by atoms with Gasteiger partial charge in [0.2, 0.25) is 5.91 Å². The number of carboxylic acid groups (broad SMARTS) is 2. The average molecular weight is 449 g/mol. The maximum absolute atomic E-state index is 12.8. The molecule has 10 heteroatoms. The summed E-state index contributed by atoms with van der Waals surface area (Å²) in [5.74, 6) is -0.238. The van der Waals surface area contributed by atoms with Gasteiger partial charge in [-0.3, -0.25) is 24.4 Å². The van der Waals surface area contributed by atoms with E-state index in [1.807, 2.05) is 16.3 Å². The Balaban J connectivity index is 0.000000858. The minimum atomic E-state index is -0.762. The monoisotopic (exact) mass is 448 g/mol. The predicted molar refractivity (Wildman–Crippen MR) is 115 cm³/mol. The molecule has 3 N–H and O–H groups in total. The summed E-state index contributed by atoms with van der Waals surface area (Å²) >= 11 is 1.65. The lowest BCUT2D eigenvalue weighted by molar-refractivity contribution is -0.137. The van der Waals surface area contributed by atoms with E-state index < -0.39 is 5.97 Å². The van der Waals surface area contributed by atoms with Gasteiger partial charge in [0, 0.05) is 62.9 Å². The number of nitrogens with one attached hydrogen (secondary N) is 1. The predicted octanol–water partition coefficient (Wildman–Crippen LogP) is 1.93. The highest BCUT2D eigenvalue weighted by Gasteiger charge is 2.52. The summed E-state index contributed by atoms with van der Waals surface area (Å²) < 4.78 is 0. The van der Waals surface area contributed by atoms with Gasteiger partial charge in [-0.1, -0.05) is 0 Å². The van der Waals surface area contributed by atoms with E-state index in [1.165, 1.54) is 5.56 Å². The number of hydrogen-bond donors (Lipinski definition) is 3. The lowest BCUT2D eigenvalue weighted by atomic mass is 9.77. The number of carbonyl (C=O) groups excluding carboxylic acids is 1. The zero-order valence-electron chi connectivity index (χ0n) is 17.3. The van der Waals surface area contributed by atoms with Gasteiger partial charge in [0.1, 0.15) is 0 Å². The van der Waals surface area contributed by atoms with E-state index in [1.54, 1.807) is 17.5 Å². The van der Waals surface area contributed by atoms with E-state index in [2.05, 4.69) is 26.5 Å². The number of aliphatic carboxylic acids is 1. The van der Waals surface area contributed by atoms with Crippen LogP contribution in [0.2, 0.25) is 0 Å². The first-order chi connectivity index (χ1) is 15.0. The zero-order chi connectivity index (χ0) is 22.3. The van der Waals surface area contributed by atoms with Gasteiger partial charge in [0.15, 0.2) is 0 Å². The number of aromatic amines is 1. The van der Waals surface area contributed by atoms with Crippen molar-refractivity contribution in [1.29, 1.82) is 0 Å². The molecule has 2 aromatic heterocycles. The van der Waals surface area contributed by atoms with Crippen molar-refractivity contribution in [3.63, 3.8) is 0 Å². The zero-order valence-corrected chi connectivity index (χ0v) is 18.1. The summed E-state index contributed by atoms with van der Waals surface area (Å²) in [6.45, 7) is 3.68. The van der Waals surface area contributed by atoms with Gasteiger partial charge in [0.05, 0.1) is 0 Å². The molecule has 0 bridgehead atoms. The van der Waals surface area contributed by atoms with E-state index in [0.717, 1.165) is 38.3 Å². The first kappa shape index (κ1) is 23.0. The van der Waals surface area contributed by atoms with Crippen LogP contribution in [0.1, 0.15) is 30.5 Å². The minimum absolute atomic E-state index is 0.115. The number of aromatic nitrogens is 2. The van der Waals surface area contributed by atoms with Crippen molar-refractivity contribution in [2.24, 2.45) is 11.3 Å². The van der Waals surface area contributed by atoms with E-state index >= 15 is 0 Å². The van der Waals surface area contributed by atoms with Crippen LogP contribution in [-0.2, 0) is 27.3 Å². The molecule has 2 aliphatic rings. The summed E-state index contributed by atoms with van der Waals surface area (Å²) in [6.07, 6.45) is 3.83. The molecule has 0 saturated carbocycles. The highest BCUT2D eigenvalue weighted by atomic mass is 32.1. The third-order valence-electron chi connectivity index (χ3n) is 6.18. The molecule has 2 unspecified atom stereocenters. The van der Waals surface area contributed by atoms with Crippen LogP contribution in [0.4, 0.5) is 0 Å². The number of nitrogens with zero attached hydrogens (tertiary/aromatic N) is 3. The van der Waals surface area contributed by atoms with Gasteiger partial charge >= 0.3 is 5.97 Å². The van der Waals surface area contributed by atoms with Crippen molar-refractivity contribution in [1.82, 2.24) is 20.0 Å². The fourth-order valence-electron chi connectivity index (χ4n) is 4.77. The van der Waals surface area contributed by atoms with Crippen LogP contribution >= 0.6 is 11.3 Å². The van der Waals surface area contributed by atoms with Crippen molar-refractivity contribution >= 4 is 29.7 Å². The summed E-state index contributed by atoms with van der Waals surface area (Å²) in [4.78, 5) is 36.7. The van der Waals surface area contributed by atoms with Gasteiger partial charge in [0.25, 0.3) is 6.47 Å². The number of carboxylic acids is 1. The molecule has 2 aromatic rings. The highest BCUT2D eigenvalue weighted by molar-refractivity contribution is 7.07. The number of thiophene rings is 1. The molecule has 4 rings (SSSR count). The third-order valence-corrected chi connectivity index (χ3v) is 6.91. The summed E-state index contributed by atoms with van der Waals surface area (Å²) in [5, 5.41) is 27.2. The molecule has 0 aliphatic carbocycles. The molecule has 0 radical (unpaired) electrons. The summed E-state index contributed by atoms with van der Waals surface area (Å²) in [6, 6.07) is 4.04. The fourth-order valence-corrected chi connectivity index (χ4v) is 5.48. The summed E-state index contributed by atoms with van der Waals surface area (Å²) in [5.41, 5.74) is 2.16. The SMILES string of the molecule is O=C(O)CCC12CN(Cc3ccn[nH]3)CC1CN(C(=O)CCc1ccsc1)C2.O=CO. The first-order valence-corrected chi connectivity index (χ1v) is 11.2. The molecular weight excluding hydrogens is 420 g/mol. The molecule has 4 heterocycles. The fraction of sp³-hybridized carbons (Fsp3) is 0.524. The van der Waals surface area contributed by atoms with Crippen molar-refractivity contribution in [2.75, 3.05) is 26.2 Å². The second-order valence-corrected chi connectivity index (χ2v) is 9.00. The van der Waals surface area contributed by atoms with E-state index in [-0.39, 0.29) is 24.2 Å². The Morgan fingerprint density at radius 3 is 2.74 bits per heavy atom. The summed E-state index contributed by atoms with van der Waals surface area (Å²) in [7, 11) is 0. The number of carbonyl (C=O) groups is 3. The van der Waals surface area contributed by atoms with Crippen LogP contribution in [0, 0.1) is 11.3 Å². The number of likely N-dealkylation sites (tertiary alicyclic amines) is 2. The molecule has 168 valence electrons. The average Bonchev–Trinajstić information content (AvgIpc) is 3.50. The van der Waals surface area contributed by atoms with Crippen LogP contribution < -0.4 is 0 Å². The smallest absolute Gasteiger partial charge is 0.303 e. The Labute approximate surface area is 184 Å². The lowest BCUT2D eigenvalue weighted by Crippen LogP contribution is -2.37. The van der Waals surface area contributed by atoms with Crippen LogP contribution in [0.15, 0.2) is 29.1 Å². The van der Waals surface area contributed by atoms with E-state index in [0.29, 0.717) is 25.3 Å². The van der Waals surface area contributed by atoms with Gasteiger partial charge < -0.3 is 15.1 Å². The Morgan fingerprint density at radius 1 is 1.29 bits per heavy atom. The molecule has 2 atom stereocenters. The molecule has 2 fully saturated rings. The Kier molecular flexibility index (Phi) is 7.80. The second kappa shape index (κ2) is 10.5. The number of H-pyrrole nitrogens is 1. The van der Waals surface area contributed by atoms with Crippen molar-refractivity contribution in [3.8, 4) is 0 Å². The van der Waals surface area contributed by atoms with Gasteiger partial charge in [-0.2, -0.15) is 16.4 Å².